The molecule has 0 bridgehead atoms. The molecule has 0 radical (unpaired) electrons. The van der Waals surface area contributed by atoms with Crippen molar-refractivity contribution in [3.63, 3.8) is 0 Å². The van der Waals surface area contributed by atoms with Crippen molar-refractivity contribution in [2.75, 3.05) is 12.0 Å². The first kappa shape index (κ1) is 20.3. The lowest BCUT2D eigenvalue weighted by molar-refractivity contribution is -0.122. The van der Waals surface area contributed by atoms with Gasteiger partial charge in [-0.05, 0) is 49.1 Å². The van der Waals surface area contributed by atoms with E-state index in [4.69, 9.17) is 4.42 Å². The molecule has 30 heavy (non-hydrogen) atoms. The lowest BCUT2D eigenvalue weighted by atomic mass is 10.2. The molecule has 156 valence electrons. The predicted molar refractivity (Wildman–Crippen MR) is 120 cm³/mol. The monoisotopic (exact) mass is 424 g/mol. The molecule has 1 amide bonds. The van der Waals surface area contributed by atoms with Gasteiger partial charge in [-0.1, -0.05) is 24.3 Å². The van der Waals surface area contributed by atoms with Gasteiger partial charge in [0.05, 0.1) is 22.6 Å². The molecule has 2 N–H and O–H groups in total. The average Bonchev–Trinajstić information content (AvgIpc) is 3.32. The fourth-order valence-electron chi connectivity index (χ4n) is 3.54. The summed E-state index contributed by atoms with van der Waals surface area (Å²) in [7, 11) is 0. The highest BCUT2D eigenvalue weighted by Crippen LogP contribution is 2.20. The third-order valence-corrected chi connectivity index (χ3v) is 5.69. The number of benzene rings is 2. The highest BCUT2D eigenvalue weighted by molar-refractivity contribution is 7.98. The minimum absolute atomic E-state index is 0.0533. The van der Waals surface area contributed by atoms with Crippen molar-refractivity contribution < 1.29 is 9.21 Å². The third-order valence-electron chi connectivity index (χ3n) is 5.04. The highest BCUT2D eigenvalue weighted by atomic mass is 32.2. The van der Waals surface area contributed by atoms with Gasteiger partial charge in [0.15, 0.2) is 5.58 Å². The van der Waals surface area contributed by atoms with Gasteiger partial charge in [-0.2, -0.15) is 11.8 Å². The van der Waals surface area contributed by atoms with Crippen LogP contribution in [0, 0.1) is 0 Å². The second-order valence-corrected chi connectivity index (χ2v) is 8.12. The molecular formula is C22H24N4O3S. The molecule has 0 aliphatic rings. The maximum Gasteiger partial charge on any atom is 0.419 e. The van der Waals surface area contributed by atoms with Gasteiger partial charge in [-0.3, -0.25) is 9.36 Å². The van der Waals surface area contributed by atoms with Crippen molar-refractivity contribution in [3.8, 4) is 0 Å². The molecule has 2 heterocycles. The molecule has 0 saturated carbocycles. The number of para-hydroxylation sites is 4. The third kappa shape index (κ3) is 4.43. The van der Waals surface area contributed by atoms with Crippen LogP contribution in [0.5, 0.6) is 0 Å². The number of amides is 1. The van der Waals surface area contributed by atoms with Crippen molar-refractivity contribution >= 4 is 39.8 Å². The fraction of sp³-hybridized carbons (Fsp3) is 0.318. The number of rotatable bonds is 9. The number of aromatic nitrogens is 3. The molecular weight excluding hydrogens is 400 g/mol. The number of aromatic amines is 1. The zero-order valence-electron chi connectivity index (χ0n) is 16.8. The summed E-state index contributed by atoms with van der Waals surface area (Å²) in [5.41, 5.74) is 3.17. The Balaban J connectivity index is 1.40. The lowest BCUT2D eigenvalue weighted by Crippen LogP contribution is -2.30. The van der Waals surface area contributed by atoms with Crippen LogP contribution in [0.2, 0.25) is 0 Å². The number of thioether (sulfide) groups is 1. The smallest absolute Gasteiger partial charge is 0.408 e. The van der Waals surface area contributed by atoms with Crippen LogP contribution in [-0.4, -0.2) is 32.5 Å². The molecule has 4 aromatic rings. The first-order valence-electron chi connectivity index (χ1n) is 9.97. The predicted octanol–water partition coefficient (Wildman–Crippen LogP) is 3.86. The quantitative estimate of drug-likeness (QED) is 0.426. The summed E-state index contributed by atoms with van der Waals surface area (Å²) >= 11 is 1.74. The summed E-state index contributed by atoms with van der Waals surface area (Å²) in [6.07, 6.45) is 3.70. The van der Waals surface area contributed by atoms with E-state index in [1.165, 1.54) is 0 Å². The normalized spacial score (nSPS) is 12.4. The van der Waals surface area contributed by atoms with Crippen molar-refractivity contribution in [1.82, 2.24) is 19.9 Å². The van der Waals surface area contributed by atoms with Crippen LogP contribution in [-0.2, 0) is 11.3 Å². The number of nitrogens with one attached hydrogen (secondary N) is 2. The van der Waals surface area contributed by atoms with E-state index in [1.54, 1.807) is 22.4 Å². The van der Waals surface area contributed by atoms with Crippen molar-refractivity contribution in [3.05, 3.63) is 64.9 Å². The number of aryl methyl sites for hydroxylation is 1. The highest BCUT2D eigenvalue weighted by Gasteiger charge is 2.18. The van der Waals surface area contributed by atoms with Crippen molar-refractivity contribution in [2.24, 2.45) is 0 Å². The van der Waals surface area contributed by atoms with Gasteiger partial charge >= 0.3 is 5.76 Å². The summed E-state index contributed by atoms with van der Waals surface area (Å²) < 4.78 is 6.82. The van der Waals surface area contributed by atoms with E-state index < -0.39 is 5.76 Å². The first-order chi connectivity index (χ1) is 14.7. The molecule has 0 unspecified atom stereocenters. The Hall–Kier alpha value is -3.00. The van der Waals surface area contributed by atoms with Crippen LogP contribution >= 0.6 is 11.8 Å². The number of hydrogen-bond acceptors (Lipinski definition) is 5. The molecule has 0 aliphatic carbocycles. The lowest BCUT2D eigenvalue weighted by Gasteiger charge is -2.16. The zero-order valence-corrected chi connectivity index (χ0v) is 17.6. The molecule has 8 heteroatoms. The van der Waals surface area contributed by atoms with Gasteiger partial charge in [-0.15, -0.1) is 0 Å². The Morgan fingerprint density at radius 1 is 1.23 bits per heavy atom. The molecule has 4 rings (SSSR count). The molecule has 1 atom stereocenters. The van der Waals surface area contributed by atoms with E-state index in [-0.39, 0.29) is 11.9 Å². The van der Waals surface area contributed by atoms with Gasteiger partial charge in [0.2, 0.25) is 5.91 Å². The SMILES string of the molecule is CSCC[C@@H](NC(=O)CCCn1c(=O)oc2ccccc21)c1nc2ccccc2[nH]1. The van der Waals surface area contributed by atoms with Gasteiger partial charge in [0.1, 0.15) is 5.82 Å². The number of fused-ring (bicyclic) bond motifs is 2. The van der Waals surface area contributed by atoms with Crippen LogP contribution in [0.3, 0.4) is 0 Å². The molecule has 2 aromatic carbocycles. The maximum atomic E-state index is 12.6. The molecule has 2 aromatic heterocycles. The van der Waals surface area contributed by atoms with Crippen LogP contribution < -0.4 is 11.1 Å². The zero-order chi connectivity index (χ0) is 20.9. The number of carbonyl (C=O) groups excluding carboxylic acids is 1. The van der Waals surface area contributed by atoms with Crippen LogP contribution in [0.4, 0.5) is 0 Å². The second kappa shape index (κ2) is 9.21. The minimum atomic E-state index is -0.392. The minimum Gasteiger partial charge on any atom is -0.408 e. The molecule has 7 nitrogen and oxygen atoms in total. The molecule has 0 fully saturated rings. The van der Waals surface area contributed by atoms with Gasteiger partial charge in [0.25, 0.3) is 0 Å². The maximum absolute atomic E-state index is 12.6. The standard InChI is InChI=1S/C22H24N4O3S/c1-30-14-12-17(21-24-15-7-2-3-8-16(15)25-21)23-20(27)11-6-13-26-18-9-4-5-10-19(18)29-22(26)28/h2-5,7-10,17H,6,11-14H2,1H3,(H,23,27)(H,24,25)/t17-/m1/s1. The van der Waals surface area contributed by atoms with E-state index in [1.807, 2.05) is 48.7 Å². The molecule has 0 spiro atoms. The Kier molecular flexibility index (Phi) is 6.23. The summed E-state index contributed by atoms with van der Waals surface area (Å²) in [4.78, 5) is 32.6. The van der Waals surface area contributed by atoms with Gasteiger partial charge < -0.3 is 14.7 Å². The number of hydrogen-bond donors (Lipinski definition) is 2. The van der Waals surface area contributed by atoms with E-state index in [2.05, 4.69) is 15.3 Å². The molecule has 0 aliphatic heterocycles. The summed E-state index contributed by atoms with van der Waals surface area (Å²) in [6.45, 7) is 0.434. The topological polar surface area (TPSA) is 92.9 Å². The Morgan fingerprint density at radius 2 is 2.03 bits per heavy atom. The van der Waals surface area contributed by atoms with E-state index in [9.17, 15) is 9.59 Å². The Morgan fingerprint density at radius 3 is 2.87 bits per heavy atom. The number of oxazole rings is 1. The number of nitrogens with zero attached hydrogens (tertiary/aromatic N) is 2. The van der Waals surface area contributed by atoms with Gasteiger partial charge in [-0.25, -0.2) is 9.78 Å². The average molecular weight is 425 g/mol. The van der Waals surface area contributed by atoms with Crippen LogP contribution in [0.15, 0.2) is 57.7 Å². The summed E-state index contributed by atoms with van der Waals surface area (Å²) in [5, 5.41) is 3.10. The van der Waals surface area contributed by atoms with Crippen LogP contribution in [0.1, 0.15) is 31.1 Å². The van der Waals surface area contributed by atoms with E-state index >= 15 is 0 Å². The summed E-state index contributed by atoms with van der Waals surface area (Å²) in [5.74, 6) is 1.24. The van der Waals surface area contributed by atoms with Gasteiger partial charge in [0, 0.05) is 13.0 Å². The Labute approximate surface area is 177 Å². The Bertz CT molecular complexity index is 1180. The number of carbonyl (C=O) groups is 1. The van der Waals surface area contributed by atoms with E-state index in [0.29, 0.717) is 25.0 Å². The van der Waals surface area contributed by atoms with Crippen LogP contribution in [0.25, 0.3) is 22.1 Å². The largest absolute Gasteiger partial charge is 0.419 e. The first-order valence-corrected chi connectivity index (χ1v) is 11.4. The number of H-pyrrole nitrogens is 1. The van der Waals surface area contributed by atoms with E-state index in [0.717, 1.165) is 34.5 Å². The second-order valence-electron chi connectivity index (χ2n) is 7.13. The van der Waals surface area contributed by atoms with Crippen molar-refractivity contribution in [1.29, 1.82) is 0 Å². The number of imidazole rings is 1. The summed E-state index contributed by atoms with van der Waals surface area (Å²) in [6, 6.07) is 15.0. The van der Waals surface area contributed by atoms with Crippen molar-refractivity contribution in [2.45, 2.75) is 31.8 Å². The molecule has 0 saturated heterocycles. The fourth-order valence-corrected chi connectivity index (χ4v) is 4.01.